The molecule has 0 bridgehead atoms. The third-order valence-electron chi connectivity index (χ3n) is 4.50. The van der Waals surface area contributed by atoms with Gasteiger partial charge in [0.2, 0.25) is 0 Å². The lowest BCUT2D eigenvalue weighted by molar-refractivity contribution is 0.0695. The molecule has 0 radical (unpaired) electrons. The SMILES string of the molecule is CC1CCC(N=NC2CCC(C)C(O)C2)CC1. The van der Waals surface area contributed by atoms with Crippen LogP contribution in [0.15, 0.2) is 10.2 Å². The van der Waals surface area contributed by atoms with Gasteiger partial charge in [0, 0.05) is 0 Å². The van der Waals surface area contributed by atoms with E-state index in [9.17, 15) is 5.11 Å². The van der Waals surface area contributed by atoms with E-state index in [0.29, 0.717) is 12.0 Å². The van der Waals surface area contributed by atoms with Gasteiger partial charge in [-0.25, -0.2) is 0 Å². The van der Waals surface area contributed by atoms with E-state index < -0.39 is 0 Å². The van der Waals surface area contributed by atoms with Crippen LogP contribution < -0.4 is 0 Å². The Hall–Kier alpha value is -0.440. The summed E-state index contributed by atoms with van der Waals surface area (Å²) in [4.78, 5) is 0. The molecule has 3 atom stereocenters. The molecule has 1 N–H and O–H groups in total. The third kappa shape index (κ3) is 3.77. The number of rotatable bonds is 2. The highest BCUT2D eigenvalue weighted by Crippen LogP contribution is 2.29. The minimum Gasteiger partial charge on any atom is -0.393 e. The average molecular weight is 238 g/mol. The van der Waals surface area contributed by atoms with E-state index in [0.717, 1.165) is 25.2 Å². The van der Waals surface area contributed by atoms with E-state index in [1.807, 2.05) is 0 Å². The molecule has 0 aromatic carbocycles. The molecule has 0 aliphatic heterocycles. The molecule has 0 aromatic heterocycles. The van der Waals surface area contributed by atoms with Crippen molar-refractivity contribution in [2.75, 3.05) is 0 Å². The van der Waals surface area contributed by atoms with Gasteiger partial charge in [-0.3, -0.25) is 0 Å². The molecule has 2 rings (SSSR count). The summed E-state index contributed by atoms with van der Waals surface area (Å²) in [5.41, 5.74) is 0. The molecule has 98 valence electrons. The first-order chi connectivity index (χ1) is 8.15. The highest BCUT2D eigenvalue weighted by atomic mass is 16.3. The van der Waals surface area contributed by atoms with E-state index in [1.165, 1.54) is 25.7 Å². The van der Waals surface area contributed by atoms with Crippen LogP contribution in [0.25, 0.3) is 0 Å². The fraction of sp³-hybridized carbons (Fsp3) is 1.00. The largest absolute Gasteiger partial charge is 0.393 e. The Morgan fingerprint density at radius 1 is 0.824 bits per heavy atom. The van der Waals surface area contributed by atoms with Crippen LogP contribution in [-0.2, 0) is 0 Å². The topological polar surface area (TPSA) is 45.0 Å². The van der Waals surface area contributed by atoms with Crippen molar-refractivity contribution in [2.45, 2.75) is 77.0 Å². The maximum atomic E-state index is 9.82. The molecule has 0 spiro atoms. The second kappa shape index (κ2) is 5.94. The summed E-state index contributed by atoms with van der Waals surface area (Å²) in [5, 5.41) is 18.8. The Kier molecular flexibility index (Phi) is 4.55. The van der Waals surface area contributed by atoms with Crippen LogP contribution >= 0.6 is 0 Å². The monoisotopic (exact) mass is 238 g/mol. The van der Waals surface area contributed by atoms with E-state index in [1.54, 1.807) is 0 Å². The molecular weight excluding hydrogens is 212 g/mol. The summed E-state index contributed by atoms with van der Waals surface area (Å²) in [5.74, 6) is 1.32. The summed E-state index contributed by atoms with van der Waals surface area (Å²) in [7, 11) is 0. The molecular formula is C14H26N2O. The Morgan fingerprint density at radius 3 is 2.06 bits per heavy atom. The summed E-state index contributed by atoms with van der Waals surface area (Å²) < 4.78 is 0. The Bertz CT molecular complexity index is 259. The van der Waals surface area contributed by atoms with Crippen molar-refractivity contribution in [1.29, 1.82) is 0 Å². The van der Waals surface area contributed by atoms with Crippen LogP contribution in [0.5, 0.6) is 0 Å². The lowest BCUT2D eigenvalue weighted by atomic mass is 9.85. The predicted octanol–water partition coefficient (Wildman–Crippen LogP) is 3.57. The van der Waals surface area contributed by atoms with Gasteiger partial charge in [-0.15, -0.1) is 0 Å². The molecule has 2 fully saturated rings. The van der Waals surface area contributed by atoms with Gasteiger partial charge in [-0.1, -0.05) is 13.8 Å². The first kappa shape index (κ1) is 13.0. The molecule has 2 saturated carbocycles. The summed E-state index contributed by atoms with van der Waals surface area (Å²) in [6.07, 6.45) is 7.85. The average Bonchev–Trinajstić information content (AvgIpc) is 2.33. The number of aliphatic hydroxyl groups excluding tert-OH is 1. The second-order valence-corrected chi connectivity index (χ2v) is 6.16. The molecule has 17 heavy (non-hydrogen) atoms. The van der Waals surface area contributed by atoms with Crippen LogP contribution in [0.3, 0.4) is 0 Å². The lowest BCUT2D eigenvalue weighted by Crippen LogP contribution is -2.29. The Balaban J connectivity index is 1.76. The predicted molar refractivity (Wildman–Crippen MR) is 69.1 cm³/mol. The molecule has 0 saturated heterocycles. The summed E-state index contributed by atoms with van der Waals surface area (Å²) >= 11 is 0. The van der Waals surface area contributed by atoms with Crippen molar-refractivity contribution in [1.82, 2.24) is 0 Å². The van der Waals surface area contributed by atoms with Gasteiger partial charge in [0.25, 0.3) is 0 Å². The van der Waals surface area contributed by atoms with Crippen molar-refractivity contribution < 1.29 is 5.11 Å². The van der Waals surface area contributed by atoms with Crippen molar-refractivity contribution in [3.8, 4) is 0 Å². The fourth-order valence-corrected chi connectivity index (χ4v) is 2.93. The van der Waals surface area contributed by atoms with Crippen molar-refractivity contribution in [2.24, 2.45) is 22.1 Å². The van der Waals surface area contributed by atoms with E-state index in [-0.39, 0.29) is 12.1 Å². The minimum absolute atomic E-state index is 0.168. The van der Waals surface area contributed by atoms with Gasteiger partial charge in [-0.05, 0) is 56.8 Å². The first-order valence-electron chi connectivity index (χ1n) is 7.23. The van der Waals surface area contributed by atoms with Crippen LogP contribution in [0.4, 0.5) is 0 Å². The summed E-state index contributed by atoms with van der Waals surface area (Å²) in [6.45, 7) is 4.45. The number of hydrogen-bond donors (Lipinski definition) is 1. The second-order valence-electron chi connectivity index (χ2n) is 6.16. The zero-order valence-corrected chi connectivity index (χ0v) is 11.2. The molecule has 0 amide bonds. The van der Waals surface area contributed by atoms with Crippen LogP contribution in [-0.4, -0.2) is 23.3 Å². The molecule has 3 heteroatoms. The molecule has 2 aliphatic rings. The third-order valence-corrected chi connectivity index (χ3v) is 4.50. The highest BCUT2D eigenvalue weighted by Gasteiger charge is 2.26. The van der Waals surface area contributed by atoms with Crippen molar-refractivity contribution in [3.63, 3.8) is 0 Å². The minimum atomic E-state index is -0.168. The maximum Gasteiger partial charge on any atom is 0.0733 e. The van der Waals surface area contributed by atoms with Crippen LogP contribution in [0.2, 0.25) is 0 Å². The first-order valence-corrected chi connectivity index (χ1v) is 7.23. The number of nitrogens with zero attached hydrogens (tertiary/aromatic N) is 2. The lowest BCUT2D eigenvalue weighted by Gasteiger charge is -2.28. The maximum absolute atomic E-state index is 9.82. The Labute approximate surface area is 105 Å². The fourth-order valence-electron chi connectivity index (χ4n) is 2.93. The molecule has 3 unspecified atom stereocenters. The number of azo groups is 1. The van der Waals surface area contributed by atoms with Gasteiger partial charge in [0.15, 0.2) is 0 Å². The van der Waals surface area contributed by atoms with Gasteiger partial charge in [0.1, 0.15) is 0 Å². The smallest absolute Gasteiger partial charge is 0.0733 e. The molecule has 2 aliphatic carbocycles. The standard InChI is InChI=1S/C14H26N2O/c1-10-3-6-12(7-4-10)15-16-13-8-5-11(2)14(17)9-13/h10-14,17H,3-9H2,1-2H3. The van der Waals surface area contributed by atoms with E-state index in [2.05, 4.69) is 24.1 Å². The van der Waals surface area contributed by atoms with Crippen LogP contribution in [0, 0.1) is 11.8 Å². The van der Waals surface area contributed by atoms with Gasteiger partial charge in [0.05, 0.1) is 18.2 Å². The number of hydrogen-bond acceptors (Lipinski definition) is 3. The quantitative estimate of drug-likeness (QED) is 0.734. The van der Waals surface area contributed by atoms with Gasteiger partial charge in [-0.2, -0.15) is 10.2 Å². The molecule has 0 aromatic rings. The van der Waals surface area contributed by atoms with Gasteiger partial charge < -0.3 is 5.11 Å². The zero-order valence-electron chi connectivity index (χ0n) is 11.2. The number of aliphatic hydroxyl groups is 1. The van der Waals surface area contributed by atoms with Crippen LogP contribution in [0.1, 0.15) is 58.8 Å². The van der Waals surface area contributed by atoms with Gasteiger partial charge >= 0.3 is 0 Å². The van der Waals surface area contributed by atoms with Crippen molar-refractivity contribution >= 4 is 0 Å². The van der Waals surface area contributed by atoms with E-state index in [4.69, 9.17) is 0 Å². The molecule has 0 heterocycles. The van der Waals surface area contributed by atoms with E-state index >= 15 is 0 Å². The summed E-state index contributed by atoms with van der Waals surface area (Å²) in [6, 6.07) is 0.739. The normalized spacial score (nSPS) is 44.1. The van der Waals surface area contributed by atoms with Crippen molar-refractivity contribution in [3.05, 3.63) is 0 Å². The highest BCUT2D eigenvalue weighted by molar-refractivity contribution is 4.81. The zero-order chi connectivity index (χ0) is 12.3. The molecule has 3 nitrogen and oxygen atoms in total. The Morgan fingerprint density at radius 2 is 1.41 bits per heavy atom.